The first-order valence-electron chi connectivity index (χ1n) is 8.22. The third-order valence-corrected chi connectivity index (χ3v) is 3.50. The van der Waals surface area contributed by atoms with Gasteiger partial charge in [-0.1, -0.05) is 13.8 Å². The van der Waals surface area contributed by atoms with Gasteiger partial charge < -0.3 is 10.1 Å². The second-order valence-electron chi connectivity index (χ2n) is 6.53. The number of carbonyl (C=O) groups is 1. The summed E-state index contributed by atoms with van der Waals surface area (Å²) in [7, 11) is 0. The van der Waals surface area contributed by atoms with Crippen LogP contribution in [-0.4, -0.2) is 34.9 Å². The molecule has 1 amide bonds. The molecule has 5 heteroatoms. The third-order valence-electron chi connectivity index (χ3n) is 3.50. The summed E-state index contributed by atoms with van der Waals surface area (Å²) in [5.41, 5.74) is 3.11. The molecule has 0 aliphatic carbocycles. The smallest absolute Gasteiger partial charge is 0.224 e. The van der Waals surface area contributed by atoms with E-state index in [9.17, 15) is 4.79 Å². The van der Waals surface area contributed by atoms with E-state index in [0.717, 1.165) is 29.9 Å². The maximum Gasteiger partial charge on any atom is 0.224 e. The quantitative estimate of drug-likeness (QED) is 0.713. The van der Waals surface area contributed by atoms with Gasteiger partial charge in [-0.05, 0) is 40.0 Å². The van der Waals surface area contributed by atoms with Crippen LogP contribution >= 0.6 is 0 Å². The molecule has 0 aliphatic heterocycles. The molecule has 0 saturated carbocycles. The lowest BCUT2D eigenvalue weighted by atomic mass is 10.1. The van der Waals surface area contributed by atoms with Crippen molar-refractivity contribution in [1.82, 2.24) is 15.1 Å². The SMILES string of the molecule is Cc1nn(CC(C)C)c(C)c1CC(=O)NCCCOC(C)C. The Hall–Kier alpha value is -1.36. The summed E-state index contributed by atoms with van der Waals surface area (Å²) >= 11 is 0. The first kappa shape index (κ1) is 18.7. The lowest BCUT2D eigenvalue weighted by molar-refractivity contribution is -0.120. The Morgan fingerprint density at radius 2 is 1.95 bits per heavy atom. The molecular formula is C17H31N3O2. The van der Waals surface area contributed by atoms with Gasteiger partial charge in [-0.3, -0.25) is 9.48 Å². The van der Waals surface area contributed by atoms with Gasteiger partial charge >= 0.3 is 0 Å². The summed E-state index contributed by atoms with van der Waals surface area (Å²) in [5.74, 6) is 0.598. The monoisotopic (exact) mass is 309 g/mol. The highest BCUT2D eigenvalue weighted by Crippen LogP contribution is 2.15. The zero-order valence-electron chi connectivity index (χ0n) is 14.9. The molecule has 1 heterocycles. The first-order valence-corrected chi connectivity index (χ1v) is 8.22. The molecule has 126 valence electrons. The molecule has 1 aromatic heterocycles. The number of aromatic nitrogens is 2. The van der Waals surface area contributed by atoms with Crippen LogP contribution in [0.1, 0.15) is 51.1 Å². The van der Waals surface area contributed by atoms with E-state index >= 15 is 0 Å². The van der Waals surface area contributed by atoms with Crippen molar-refractivity contribution in [3.8, 4) is 0 Å². The maximum atomic E-state index is 12.1. The Morgan fingerprint density at radius 1 is 1.27 bits per heavy atom. The first-order chi connectivity index (χ1) is 10.3. The van der Waals surface area contributed by atoms with E-state index in [-0.39, 0.29) is 12.0 Å². The van der Waals surface area contributed by atoms with Crippen molar-refractivity contribution in [2.24, 2.45) is 5.92 Å². The number of hydrogen-bond donors (Lipinski definition) is 1. The predicted octanol–water partition coefficient (Wildman–Crippen LogP) is 2.63. The molecule has 1 rings (SSSR count). The number of ether oxygens (including phenoxy) is 1. The number of amides is 1. The highest BCUT2D eigenvalue weighted by Gasteiger charge is 2.15. The molecule has 0 radical (unpaired) electrons. The van der Waals surface area contributed by atoms with Gasteiger partial charge in [-0.15, -0.1) is 0 Å². The van der Waals surface area contributed by atoms with E-state index in [0.29, 0.717) is 25.5 Å². The van der Waals surface area contributed by atoms with E-state index in [4.69, 9.17) is 4.74 Å². The minimum atomic E-state index is 0.0554. The summed E-state index contributed by atoms with van der Waals surface area (Å²) in [6.07, 6.45) is 1.49. The summed E-state index contributed by atoms with van der Waals surface area (Å²) < 4.78 is 7.47. The highest BCUT2D eigenvalue weighted by molar-refractivity contribution is 5.79. The van der Waals surface area contributed by atoms with Crippen LogP contribution in [0, 0.1) is 19.8 Å². The molecule has 0 unspecified atom stereocenters. The molecule has 22 heavy (non-hydrogen) atoms. The van der Waals surface area contributed by atoms with Crippen molar-refractivity contribution < 1.29 is 9.53 Å². The predicted molar refractivity (Wildman–Crippen MR) is 89.0 cm³/mol. The van der Waals surface area contributed by atoms with E-state index in [1.165, 1.54) is 0 Å². The average Bonchev–Trinajstić information content (AvgIpc) is 2.65. The summed E-state index contributed by atoms with van der Waals surface area (Å²) in [4.78, 5) is 12.1. The normalized spacial score (nSPS) is 11.5. The Labute approximate surface area is 134 Å². The molecule has 0 aromatic carbocycles. The molecule has 1 N–H and O–H groups in total. The van der Waals surface area contributed by atoms with Gasteiger partial charge in [0.2, 0.25) is 5.91 Å². The van der Waals surface area contributed by atoms with Crippen LogP contribution in [-0.2, 0) is 22.5 Å². The van der Waals surface area contributed by atoms with Crippen LogP contribution in [0.4, 0.5) is 0 Å². The molecule has 0 aliphatic rings. The Kier molecular flexibility index (Phi) is 7.59. The van der Waals surface area contributed by atoms with Crippen molar-refractivity contribution in [2.75, 3.05) is 13.2 Å². The van der Waals surface area contributed by atoms with Gasteiger partial charge in [0.25, 0.3) is 0 Å². The lowest BCUT2D eigenvalue weighted by Gasteiger charge is -2.09. The molecule has 0 saturated heterocycles. The van der Waals surface area contributed by atoms with E-state index < -0.39 is 0 Å². The number of nitrogens with one attached hydrogen (secondary N) is 1. The van der Waals surface area contributed by atoms with Crippen molar-refractivity contribution in [3.63, 3.8) is 0 Å². The Bertz CT molecular complexity index is 478. The highest BCUT2D eigenvalue weighted by atomic mass is 16.5. The van der Waals surface area contributed by atoms with Crippen LogP contribution in [0.15, 0.2) is 0 Å². The minimum absolute atomic E-state index is 0.0554. The largest absolute Gasteiger partial charge is 0.379 e. The molecule has 0 atom stereocenters. The van der Waals surface area contributed by atoms with Crippen molar-refractivity contribution in [1.29, 1.82) is 0 Å². The molecule has 0 fully saturated rings. The van der Waals surface area contributed by atoms with Gasteiger partial charge in [0.15, 0.2) is 0 Å². The van der Waals surface area contributed by atoms with Gasteiger partial charge in [-0.2, -0.15) is 5.10 Å². The van der Waals surface area contributed by atoms with Crippen LogP contribution < -0.4 is 5.32 Å². The Balaban J connectivity index is 2.46. The minimum Gasteiger partial charge on any atom is -0.379 e. The molecule has 0 spiro atoms. The fraction of sp³-hybridized carbons (Fsp3) is 0.765. The number of rotatable bonds is 9. The average molecular weight is 309 g/mol. The van der Waals surface area contributed by atoms with Gasteiger partial charge in [0.1, 0.15) is 0 Å². The number of aryl methyl sites for hydroxylation is 1. The fourth-order valence-electron chi connectivity index (χ4n) is 2.36. The molecule has 5 nitrogen and oxygen atoms in total. The fourth-order valence-corrected chi connectivity index (χ4v) is 2.36. The molecule has 1 aromatic rings. The van der Waals surface area contributed by atoms with Crippen molar-refractivity contribution in [2.45, 2.75) is 67.0 Å². The summed E-state index contributed by atoms with van der Waals surface area (Å²) in [6.45, 7) is 14.6. The second-order valence-corrected chi connectivity index (χ2v) is 6.53. The third kappa shape index (κ3) is 6.18. The Morgan fingerprint density at radius 3 is 2.55 bits per heavy atom. The van der Waals surface area contributed by atoms with Gasteiger partial charge in [0, 0.05) is 31.0 Å². The van der Waals surface area contributed by atoms with Crippen LogP contribution in [0.25, 0.3) is 0 Å². The maximum absolute atomic E-state index is 12.1. The lowest BCUT2D eigenvalue weighted by Crippen LogP contribution is -2.27. The second kappa shape index (κ2) is 8.93. The van der Waals surface area contributed by atoms with Gasteiger partial charge in [-0.25, -0.2) is 0 Å². The number of carbonyl (C=O) groups excluding carboxylic acids is 1. The van der Waals surface area contributed by atoms with Crippen LogP contribution in [0.5, 0.6) is 0 Å². The summed E-state index contributed by atoms with van der Waals surface area (Å²) in [6, 6.07) is 0. The van der Waals surface area contributed by atoms with Gasteiger partial charge in [0.05, 0.1) is 18.2 Å². The van der Waals surface area contributed by atoms with Crippen molar-refractivity contribution >= 4 is 5.91 Å². The van der Waals surface area contributed by atoms with E-state index in [2.05, 4.69) is 24.3 Å². The van der Waals surface area contributed by atoms with E-state index in [1.54, 1.807) is 0 Å². The van der Waals surface area contributed by atoms with E-state index in [1.807, 2.05) is 32.4 Å². The summed E-state index contributed by atoms with van der Waals surface area (Å²) in [5, 5.41) is 7.50. The standard InChI is InChI=1S/C17H31N3O2/c1-12(2)11-20-15(6)16(14(5)19-20)10-17(21)18-8-7-9-22-13(3)4/h12-13H,7-11H2,1-6H3,(H,18,21). The topological polar surface area (TPSA) is 56.2 Å². The van der Waals surface area contributed by atoms with Crippen molar-refractivity contribution in [3.05, 3.63) is 17.0 Å². The van der Waals surface area contributed by atoms with Crippen LogP contribution in [0.2, 0.25) is 0 Å². The zero-order valence-corrected chi connectivity index (χ0v) is 14.9. The molecule has 0 bridgehead atoms. The number of hydrogen-bond acceptors (Lipinski definition) is 3. The molecular weight excluding hydrogens is 278 g/mol. The zero-order chi connectivity index (χ0) is 16.7. The van der Waals surface area contributed by atoms with Crippen LogP contribution in [0.3, 0.4) is 0 Å². The number of nitrogens with zero attached hydrogens (tertiary/aromatic N) is 2.